The third-order valence-corrected chi connectivity index (χ3v) is 1.74. The SMILES string of the molecule is CCCCOC(=O)N[C@@H](CN)C(=O)OC. The highest BCUT2D eigenvalue weighted by Crippen LogP contribution is 1.91. The van der Waals surface area contributed by atoms with E-state index in [0.29, 0.717) is 6.61 Å². The van der Waals surface area contributed by atoms with Crippen LogP contribution >= 0.6 is 0 Å². The van der Waals surface area contributed by atoms with E-state index in [1.807, 2.05) is 6.92 Å². The predicted octanol–water partition coefficient (Wildman–Crippen LogP) is 0.0130. The average molecular weight is 218 g/mol. The van der Waals surface area contributed by atoms with Gasteiger partial charge in [-0.1, -0.05) is 13.3 Å². The Hall–Kier alpha value is -1.30. The largest absolute Gasteiger partial charge is 0.467 e. The molecule has 0 aromatic rings. The molecule has 0 saturated carbocycles. The number of rotatable bonds is 6. The molecule has 6 nitrogen and oxygen atoms in total. The van der Waals surface area contributed by atoms with Crippen LogP contribution in [0.2, 0.25) is 0 Å². The van der Waals surface area contributed by atoms with Crippen LogP contribution in [0.3, 0.4) is 0 Å². The van der Waals surface area contributed by atoms with E-state index < -0.39 is 18.1 Å². The Bertz CT molecular complexity index is 208. The molecule has 0 bridgehead atoms. The number of amides is 1. The van der Waals surface area contributed by atoms with Crippen molar-refractivity contribution in [2.24, 2.45) is 5.73 Å². The molecule has 0 aromatic carbocycles. The number of alkyl carbamates (subject to hydrolysis) is 1. The minimum Gasteiger partial charge on any atom is -0.467 e. The maximum atomic E-state index is 11.1. The maximum absolute atomic E-state index is 11.1. The van der Waals surface area contributed by atoms with Crippen LogP contribution in [0.15, 0.2) is 0 Å². The molecule has 1 amide bonds. The Kier molecular flexibility index (Phi) is 7.35. The number of unbranched alkanes of at least 4 members (excludes halogenated alkanes) is 1. The quantitative estimate of drug-likeness (QED) is 0.484. The molecule has 1 atom stereocenters. The summed E-state index contributed by atoms with van der Waals surface area (Å²) in [4.78, 5) is 22.1. The number of esters is 1. The summed E-state index contributed by atoms with van der Waals surface area (Å²) >= 11 is 0. The first-order valence-electron chi connectivity index (χ1n) is 4.86. The van der Waals surface area contributed by atoms with Crippen molar-refractivity contribution in [3.8, 4) is 0 Å². The molecule has 0 aliphatic heterocycles. The van der Waals surface area contributed by atoms with Gasteiger partial charge in [-0.2, -0.15) is 0 Å². The van der Waals surface area contributed by atoms with Gasteiger partial charge in [0.1, 0.15) is 6.04 Å². The van der Waals surface area contributed by atoms with E-state index in [9.17, 15) is 9.59 Å². The zero-order valence-electron chi connectivity index (χ0n) is 9.12. The first-order chi connectivity index (χ1) is 7.15. The lowest BCUT2D eigenvalue weighted by molar-refractivity contribution is -0.142. The minimum absolute atomic E-state index is 0.0183. The van der Waals surface area contributed by atoms with Crippen LogP contribution in [0.1, 0.15) is 19.8 Å². The van der Waals surface area contributed by atoms with E-state index in [1.165, 1.54) is 7.11 Å². The molecule has 15 heavy (non-hydrogen) atoms. The minimum atomic E-state index is -0.843. The molecule has 0 spiro atoms. The number of nitrogens with two attached hydrogens (primary N) is 1. The highest BCUT2D eigenvalue weighted by molar-refractivity contribution is 5.81. The van der Waals surface area contributed by atoms with Crippen LogP contribution in [0.25, 0.3) is 0 Å². The van der Waals surface area contributed by atoms with Gasteiger partial charge >= 0.3 is 12.1 Å². The molecule has 0 saturated heterocycles. The van der Waals surface area contributed by atoms with Gasteiger partial charge in [0.25, 0.3) is 0 Å². The molecule has 0 fully saturated rings. The molecule has 0 heterocycles. The first kappa shape index (κ1) is 13.7. The normalized spacial score (nSPS) is 11.7. The molecule has 6 heteroatoms. The summed E-state index contributed by atoms with van der Waals surface area (Å²) < 4.78 is 9.24. The number of carbonyl (C=O) groups is 2. The maximum Gasteiger partial charge on any atom is 0.407 e. The molecule has 0 unspecified atom stereocenters. The van der Waals surface area contributed by atoms with Crippen molar-refractivity contribution in [2.45, 2.75) is 25.8 Å². The number of carbonyl (C=O) groups excluding carboxylic acids is 2. The van der Waals surface area contributed by atoms with Gasteiger partial charge in [-0.25, -0.2) is 9.59 Å². The lowest BCUT2D eigenvalue weighted by Crippen LogP contribution is -2.46. The molecular weight excluding hydrogens is 200 g/mol. The fraction of sp³-hybridized carbons (Fsp3) is 0.778. The van der Waals surface area contributed by atoms with Crippen molar-refractivity contribution in [1.82, 2.24) is 5.32 Å². The van der Waals surface area contributed by atoms with Crippen LogP contribution in [0.4, 0.5) is 4.79 Å². The second kappa shape index (κ2) is 8.05. The summed E-state index contributed by atoms with van der Waals surface area (Å²) in [5.41, 5.74) is 5.28. The number of ether oxygens (including phenoxy) is 2. The summed E-state index contributed by atoms with van der Waals surface area (Å²) in [5, 5.41) is 2.32. The van der Waals surface area contributed by atoms with Crippen molar-refractivity contribution in [1.29, 1.82) is 0 Å². The number of hydrogen-bond donors (Lipinski definition) is 2. The van der Waals surface area contributed by atoms with Gasteiger partial charge in [-0.05, 0) is 6.42 Å². The van der Waals surface area contributed by atoms with Gasteiger partial charge in [0, 0.05) is 6.54 Å². The van der Waals surface area contributed by atoms with E-state index in [2.05, 4.69) is 10.1 Å². The number of nitrogens with one attached hydrogen (secondary N) is 1. The van der Waals surface area contributed by atoms with Gasteiger partial charge in [0.05, 0.1) is 13.7 Å². The van der Waals surface area contributed by atoms with Gasteiger partial charge in [-0.3, -0.25) is 0 Å². The Balaban J connectivity index is 3.85. The standard InChI is InChI=1S/C9H18N2O4/c1-3-4-5-15-9(13)11-7(6-10)8(12)14-2/h7H,3-6,10H2,1-2H3,(H,11,13)/t7-/m0/s1. The summed E-state index contributed by atoms with van der Waals surface area (Å²) in [6.45, 7) is 2.30. The van der Waals surface area contributed by atoms with Crippen LogP contribution in [0.5, 0.6) is 0 Å². The highest BCUT2D eigenvalue weighted by atomic mass is 16.6. The molecule has 0 aliphatic rings. The third-order valence-electron chi connectivity index (χ3n) is 1.74. The van der Waals surface area contributed by atoms with Crippen LogP contribution < -0.4 is 11.1 Å². The van der Waals surface area contributed by atoms with Crippen molar-refractivity contribution >= 4 is 12.1 Å². The lowest BCUT2D eigenvalue weighted by atomic mass is 10.3. The van der Waals surface area contributed by atoms with Crippen molar-refractivity contribution < 1.29 is 19.1 Å². The topological polar surface area (TPSA) is 90.6 Å². The average Bonchev–Trinajstić information content (AvgIpc) is 2.25. The summed E-state index contributed by atoms with van der Waals surface area (Å²) in [6.07, 6.45) is 1.08. The van der Waals surface area contributed by atoms with E-state index in [1.54, 1.807) is 0 Å². The van der Waals surface area contributed by atoms with E-state index in [0.717, 1.165) is 12.8 Å². The third kappa shape index (κ3) is 5.90. The fourth-order valence-electron chi connectivity index (χ4n) is 0.849. The van der Waals surface area contributed by atoms with Crippen LogP contribution in [-0.2, 0) is 14.3 Å². The fourth-order valence-corrected chi connectivity index (χ4v) is 0.849. The Morgan fingerprint density at radius 3 is 2.60 bits per heavy atom. The second-order valence-corrected chi connectivity index (χ2v) is 2.95. The van der Waals surface area contributed by atoms with Gasteiger partial charge < -0.3 is 20.5 Å². The second-order valence-electron chi connectivity index (χ2n) is 2.95. The van der Waals surface area contributed by atoms with E-state index >= 15 is 0 Å². The predicted molar refractivity (Wildman–Crippen MR) is 54.3 cm³/mol. The zero-order chi connectivity index (χ0) is 11.7. The Morgan fingerprint density at radius 1 is 1.47 bits per heavy atom. The Morgan fingerprint density at radius 2 is 2.13 bits per heavy atom. The number of methoxy groups -OCH3 is 1. The lowest BCUT2D eigenvalue weighted by Gasteiger charge is -2.13. The number of hydrogen-bond acceptors (Lipinski definition) is 5. The first-order valence-corrected chi connectivity index (χ1v) is 4.86. The van der Waals surface area contributed by atoms with Crippen LogP contribution in [0, 0.1) is 0 Å². The molecule has 0 aromatic heterocycles. The molecule has 3 N–H and O–H groups in total. The smallest absolute Gasteiger partial charge is 0.407 e. The summed E-state index contributed by atoms with van der Waals surface area (Å²) in [7, 11) is 1.23. The van der Waals surface area contributed by atoms with Gasteiger partial charge in [-0.15, -0.1) is 0 Å². The van der Waals surface area contributed by atoms with Crippen molar-refractivity contribution in [2.75, 3.05) is 20.3 Å². The molecule has 88 valence electrons. The van der Waals surface area contributed by atoms with Gasteiger partial charge in [0.2, 0.25) is 0 Å². The van der Waals surface area contributed by atoms with Crippen molar-refractivity contribution in [3.05, 3.63) is 0 Å². The van der Waals surface area contributed by atoms with Crippen molar-refractivity contribution in [3.63, 3.8) is 0 Å². The molecule has 0 rings (SSSR count). The molecular formula is C9H18N2O4. The zero-order valence-corrected chi connectivity index (χ0v) is 9.12. The monoisotopic (exact) mass is 218 g/mol. The van der Waals surface area contributed by atoms with Crippen LogP contribution in [-0.4, -0.2) is 38.4 Å². The van der Waals surface area contributed by atoms with E-state index in [-0.39, 0.29) is 6.54 Å². The van der Waals surface area contributed by atoms with E-state index in [4.69, 9.17) is 10.5 Å². The van der Waals surface area contributed by atoms with Gasteiger partial charge in [0.15, 0.2) is 0 Å². The highest BCUT2D eigenvalue weighted by Gasteiger charge is 2.19. The Labute approximate surface area is 89.1 Å². The molecule has 0 aliphatic carbocycles. The summed E-state index contributed by atoms with van der Waals surface area (Å²) in [5.74, 6) is -0.579. The molecule has 0 radical (unpaired) electrons. The summed E-state index contributed by atoms with van der Waals surface area (Å²) in [6, 6.07) is -0.843.